The normalized spacial score (nSPS) is 28.4. The van der Waals surface area contributed by atoms with E-state index in [1.807, 2.05) is 6.26 Å². The highest BCUT2D eigenvalue weighted by Gasteiger charge is 2.38. The van der Waals surface area contributed by atoms with Crippen molar-refractivity contribution in [3.63, 3.8) is 0 Å². The zero-order valence-corrected chi connectivity index (χ0v) is 12.8. The van der Waals surface area contributed by atoms with E-state index < -0.39 is 12.0 Å². The maximum atomic E-state index is 12.4. The largest absolute Gasteiger partial charge is 0.480 e. The Balaban J connectivity index is 1.97. The van der Waals surface area contributed by atoms with Crippen LogP contribution in [-0.2, 0) is 9.59 Å². The van der Waals surface area contributed by atoms with E-state index in [-0.39, 0.29) is 11.8 Å². The van der Waals surface area contributed by atoms with Gasteiger partial charge in [0.1, 0.15) is 6.04 Å². The number of carbonyl (C=O) groups is 2. The summed E-state index contributed by atoms with van der Waals surface area (Å²) in [5.41, 5.74) is 0. The second kappa shape index (κ2) is 7.31. The number of nitrogens with one attached hydrogen (secondary N) is 1. The van der Waals surface area contributed by atoms with Gasteiger partial charge in [0, 0.05) is 11.8 Å². The summed E-state index contributed by atoms with van der Waals surface area (Å²) in [5.74, 6) is -0.623. The zero-order chi connectivity index (χ0) is 14.5. The van der Waals surface area contributed by atoms with Gasteiger partial charge in [-0.2, -0.15) is 11.8 Å². The van der Waals surface area contributed by atoms with E-state index in [2.05, 4.69) is 10.2 Å². The molecule has 5 nitrogen and oxygen atoms in total. The molecule has 1 amide bonds. The Kier molecular flexibility index (Phi) is 5.72. The third-order valence-electron chi connectivity index (χ3n) is 4.37. The molecule has 0 aliphatic carbocycles. The van der Waals surface area contributed by atoms with Crippen LogP contribution in [0.1, 0.15) is 32.1 Å². The van der Waals surface area contributed by atoms with Crippen LogP contribution in [0.5, 0.6) is 0 Å². The van der Waals surface area contributed by atoms with Crippen molar-refractivity contribution in [2.75, 3.05) is 25.1 Å². The van der Waals surface area contributed by atoms with Gasteiger partial charge in [0.2, 0.25) is 5.91 Å². The van der Waals surface area contributed by atoms with Gasteiger partial charge in [-0.05, 0) is 45.0 Å². The molecular weight excluding hydrogens is 276 g/mol. The van der Waals surface area contributed by atoms with Gasteiger partial charge in [-0.15, -0.1) is 0 Å². The molecule has 2 heterocycles. The van der Waals surface area contributed by atoms with Gasteiger partial charge in [-0.25, -0.2) is 4.79 Å². The van der Waals surface area contributed by atoms with Gasteiger partial charge in [0.05, 0.1) is 5.92 Å². The fourth-order valence-corrected chi connectivity index (χ4v) is 3.94. The van der Waals surface area contributed by atoms with Crippen molar-refractivity contribution < 1.29 is 14.7 Å². The summed E-state index contributed by atoms with van der Waals surface area (Å²) in [4.78, 5) is 26.0. The van der Waals surface area contributed by atoms with E-state index in [0.29, 0.717) is 11.8 Å². The number of nitrogens with zero attached hydrogens (tertiary/aromatic N) is 1. The van der Waals surface area contributed by atoms with Crippen molar-refractivity contribution in [3.05, 3.63) is 0 Å². The summed E-state index contributed by atoms with van der Waals surface area (Å²) in [7, 11) is 0. The van der Waals surface area contributed by atoms with Crippen molar-refractivity contribution in [2.45, 2.75) is 44.2 Å². The Labute approximate surface area is 124 Å². The monoisotopic (exact) mass is 300 g/mol. The number of rotatable bonds is 5. The van der Waals surface area contributed by atoms with Crippen LogP contribution < -0.4 is 5.32 Å². The van der Waals surface area contributed by atoms with Crippen LogP contribution in [0.3, 0.4) is 0 Å². The summed E-state index contributed by atoms with van der Waals surface area (Å²) < 4.78 is 0. The van der Waals surface area contributed by atoms with Crippen LogP contribution >= 0.6 is 11.8 Å². The SMILES string of the molecule is CSC[C@H](NC(=O)[C@@H]1CCCN2CCCC[C@H]12)C(=O)O. The van der Waals surface area contributed by atoms with Crippen LogP contribution in [0, 0.1) is 5.92 Å². The lowest BCUT2D eigenvalue weighted by Crippen LogP contribution is -2.55. The van der Waals surface area contributed by atoms with Gasteiger partial charge < -0.3 is 10.4 Å². The smallest absolute Gasteiger partial charge is 0.327 e. The van der Waals surface area contributed by atoms with E-state index in [9.17, 15) is 9.59 Å². The first kappa shape index (κ1) is 15.6. The van der Waals surface area contributed by atoms with Gasteiger partial charge >= 0.3 is 5.97 Å². The quantitative estimate of drug-likeness (QED) is 0.798. The number of carboxylic acids is 1. The zero-order valence-electron chi connectivity index (χ0n) is 12.0. The highest BCUT2D eigenvalue weighted by atomic mass is 32.2. The Morgan fingerprint density at radius 3 is 2.75 bits per heavy atom. The highest BCUT2D eigenvalue weighted by molar-refractivity contribution is 7.98. The van der Waals surface area contributed by atoms with Crippen molar-refractivity contribution in [3.8, 4) is 0 Å². The predicted molar refractivity (Wildman–Crippen MR) is 79.9 cm³/mol. The van der Waals surface area contributed by atoms with Gasteiger partial charge in [0.25, 0.3) is 0 Å². The first-order chi connectivity index (χ1) is 9.63. The fraction of sp³-hybridized carbons (Fsp3) is 0.857. The summed E-state index contributed by atoms with van der Waals surface area (Å²) in [6.07, 6.45) is 7.24. The lowest BCUT2D eigenvalue weighted by molar-refractivity contribution is -0.142. The van der Waals surface area contributed by atoms with Gasteiger partial charge in [-0.3, -0.25) is 9.69 Å². The molecule has 0 unspecified atom stereocenters. The minimum absolute atomic E-state index is 0.0345. The summed E-state index contributed by atoms with van der Waals surface area (Å²) >= 11 is 1.44. The van der Waals surface area contributed by atoms with Gasteiger partial charge in [-0.1, -0.05) is 6.42 Å². The topological polar surface area (TPSA) is 69.6 Å². The average Bonchev–Trinajstić information content (AvgIpc) is 2.46. The minimum atomic E-state index is -0.941. The molecule has 2 N–H and O–H groups in total. The number of carboxylic acid groups (broad SMARTS) is 1. The summed E-state index contributed by atoms with van der Waals surface area (Å²) in [5, 5.41) is 11.9. The van der Waals surface area contributed by atoms with Crippen LogP contribution in [0.25, 0.3) is 0 Å². The second-order valence-corrected chi connectivity index (χ2v) is 6.61. The molecule has 3 atom stereocenters. The van der Waals surface area contributed by atoms with Crippen molar-refractivity contribution in [2.24, 2.45) is 5.92 Å². The van der Waals surface area contributed by atoms with E-state index in [1.54, 1.807) is 0 Å². The maximum absolute atomic E-state index is 12.4. The standard InChI is InChI=1S/C14H24N2O3S/c1-20-9-11(14(18)19)15-13(17)10-5-4-8-16-7-3-2-6-12(10)16/h10-12H,2-9H2,1H3,(H,15,17)(H,18,19)/t10-,11+,12-/m1/s1. The molecule has 0 spiro atoms. The lowest BCUT2D eigenvalue weighted by atomic mass is 9.83. The molecule has 0 bridgehead atoms. The molecule has 2 aliphatic rings. The molecule has 0 saturated carbocycles. The van der Waals surface area contributed by atoms with Gasteiger partial charge in [0.15, 0.2) is 0 Å². The number of thioether (sulfide) groups is 1. The van der Waals surface area contributed by atoms with Crippen molar-refractivity contribution in [1.29, 1.82) is 0 Å². The molecule has 2 fully saturated rings. The van der Waals surface area contributed by atoms with Crippen molar-refractivity contribution >= 4 is 23.6 Å². The maximum Gasteiger partial charge on any atom is 0.327 e. The van der Waals surface area contributed by atoms with E-state index in [0.717, 1.165) is 32.4 Å². The van der Waals surface area contributed by atoms with Crippen LogP contribution in [0.4, 0.5) is 0 Å². The molecule has 2 aliphatic heterocycles. The molecule has 20 heavy (non-hydrogen) atoms. The molecule has 0 aromatic heterocycles. The van der Waals surface area contributed by atoms with E-state index in [1.165, 1.54) is 24.6 Å². The number of hydrogen-bond acceptors (Lipinski definition) is 4. The molecule has 0 aromatic rings. The Morgan fingerprint density at radius 2 is 2.05 bits per heavy atom. The first-order valence-corrected chi connectivity index (χ1v) is 8.79. The number of hydrogen-bond donors (Lipinski definition) is 2. The Bertz CT molecular complexity index is 362. The molecule has 114 valence electrons. The van der Waals surface area contributed by atoms with Crippen LogP contribution in [-0.4, -0.2) is 59.1 Å². The number of amides is 1. The third kappa shape index (κ3) is 3.67. The van der Waals surface area contributed by atoms with E-state index in [4.69, 9.17) is 5.11 Å². The predicted octanol–water partition coefficient (Wildman–Crippen LogP) is 1.18. The van der Waals surface area contributed by atoms with E-state index >= 15 is 0 Å². The Morgan fingerprint density at radius 1 is 1.30 bits per heavy atom. The highest BCUT2D eigenvalue weighted by Crippen LogP contribution is 2.31. The first-order valence-electron chi connectivity index (χ1n) is 7.39. The molecule has 2 rings (SSSR count). The lowest BCUT2D eigenvalue weighted by Gasteiger charge is -2.43. The number of aliphatic carboxylic acids is 1. The second-order valence-electron chi connectivity index (χ2n) is 5.70. The minimum Gasteiger partial charge on any atom is -0.480 e. The van der Waals surface area contributed by atoms with Crippen LogP contribution in [0.15, 0.2) is 0 Å². The summed E-state index contributed by atoms with van der Waals surface area (Å²) in [6, 6.07) is -0.447. The fourth-order valence-electron chi connectivity index (χ4n) is 3.38. The van der Waals surface area contributed by atoms with Crippen molar-refractivity contribution in [1.82, 2.24) is 10.2 Å². The number of carbonyl (C=O) groups excluding carboxylic acids is 1. The average molecular weight is 300 g/mol. The Hall–Kier alpha value is -0.750. The van der Waals surface area contributed by atoms with Crippen LogP contribution in [0.2, 0.25) is 0 Å². The number of fused-ring (bicyclic) bond motifs is 1. The third-order valence-corrected chi connectivity index (χ3v) is 5.04. The summed E-state index contributed by atoms with van der Waals surface area (Å²) in [6.45, 7) is 2.17. The molecule has 0 aromatic carbocycles. The molecule has 2 saturated heterocycles. The number of piperidine rings is 2. The molecule has 0 radical (unpaired) electrons. The molecular formula is C14H24N2O3S. The molecule has 6 heteroatoms.